The molecule has 442 valence electrons. The van der Waals surface area contributed by atoms with Gasteiger partial charge in [-0.05, 0) is 33.3 Å². The second kappa shape index (κ2) is 36.6. The van der Waals surface area contributed by atoms with Gasteiger partial charge in [-0.15, -0.1) is 0 Å². The van der Waals surface area contributed by atoms with E-state index in [-0.39, 0.29) is 94.5 Å². The standard InChI is InChI=1S/C35H49N7O9.C19H29NO9/c1-4-40(23-27-39-32-33(42(27)24-35(2,3)47)25-7-5-6-8-26(25)38-34(32)36)29(44)12-15-48-17-19-50-21-22-51-20-18-49-16-13-37-28(43)11-14-41-30(45)9-10-31(41)46;21-16(5-7-20-17(22)3-4-18(20)23)2-1-8-26-10-12-28-14-15-29-13-11-27-9-6-19(24)25/h5-10,47H,4,11-24H2,1-3H3,(H2,36,38)(H,37,43);3-4H,1-2,5-15H2,(H,24,25). The molecule has 0 fully saturated rings. The molecule has 2 aromatic heterocycles. The van der Waals surface area contributed by atoms with Crippen LogP contribution in [0.5, 0.6) is 0 Å². The fourth-order valence-electron chi connectivity index (χ4n) is 7.73. The van der Waals surface area contributed by atoms with Crippen molar-refractivity contribution in [2.45, 2.75) is 78.0 Å². The Labute approximate surface area is 464 Å². The molecule has 4 heterocycles. The number of fused-ring (bicyclic) bond motifs is 3. The number of pyridine rings is 1. The molecule has 0 aliphatic carbocycles. The number of para-hydroxylation sites is 1. The molecule has 0 saturated carbocycles. The lowest BCUT2D eigenvalue weighted by atomic mass is 10.1. The van der Waals surface area contributed by atoms with Crippen LogP contribution in [0.4, 0.5) is 5.82 Å². The second-order valence-electron chi connectivity index (χ2n) is 18.7. The number of nitrogens with zero attached hydrogens (tertiary/aromatic N) is 6. The van der Waals surface area contributed by atoms with Gasteiger partial charge in [0.15, 0.2) is 5.82 Å². The second-order valence-corrected chi connectivity index (χ2v) is 18.7. The largest absolute Gasteiger partial charge is 0.481 e. The van der Waals surface area contributed by atoms with E-state index in [0.29, 0.717) is 136 Å². The first-order chi connectivity index (χ1) is 38.5. The van der Waals surface area contributed by atoms with Crippen LogP contribution in [0.2, 0.25) is 0 Å². The fraction of sp³-hybridized carbons (Fsp3) is 0.593. The third-order valence-electron chi connectivity index (χ3n) is 11.7. The van der Waals surface area contributed by atoms with E-state index in [2.05, 4.69) is 10.3 Å². The summed E-state index contributed by atoms with van der Waals surface area (Å²) in [5.74, 6) is -1.91. The number of nitrogens with two attached hydrogens (primary N) is 1. The first-order valence-corrected chi connectivity index (χ1v) is 26.7. The van der Waals surface area contributed by atoms with Gasteiger partial charge in [0.1, 0.15) is 17.1 Å². The Hall–Kier alpha value is -6.62. The van der Waals surface area contributed by atoms with Gasteiger partial charge < -0.3 is 68.6 Å². The highest BCUT2D eigenvalue weighted by Gasteiger charge is 2.26. The number of imidazole rings is 1. The number of Topliss-reactive ketones (excluding diaryl/α,β-unsaturated/α-hetero) is 1. The van der Waals surface area contributed by atoms with Gasteiger partial charge in [0.25, 0.3) is 23.6 Å². The third kappa shape index (κ3) is 24.8. The summed E-state index contributed by atoms with van der Waals surface area (Å²) in [4.78, 5) is 106. The van der Waals surface area contributed by atoms with Gasteiger partial charge in [0.2, 0.25) is 11.8 Å². The molecule has 6 amide bonds. The van der Waals surface area contributed by atoms with E-state index in [1.54, 1.807) is 18.7 Å². The van der Waals surface area contributed by atoms with Crippen molar-refractivity contribution in [3.05, 3.63) is 54.4 Å². The summed E-state index contributed by atoms with van der Waals surface area (Å²) in [5.41, 5.74) is 7.31. The molecule has 0 saturated heterocycles. The van der Waals surface area contributed by atoms with Crippen LogP contribution in [0.1, 0.15) is 65.1 Å². The zero-order valence-electron chi connectivity index (χ0n) is 46.1. The third-order valence-corrected chi connectivity index (χ3v) is 11.7. The Morgan fingerprint density at radius 2 is 1.10 bits per heavy atom. The highest BCUT2D eigenvalue weighted by atomic mass is 16.6. The van der Waals surface area contributed by atoms with E-state index in [9.17, 15) is 43.5 Å². The quantitative estimate of drug-likeness (QED) is 0.0460. The number of imide groups is 2. The van der Waals surface area contributed by atoms with Crippen molar-refractivity contribution in [2.24, 2.45) is 0 Å². The van der Waals surface area contributed by atoms with Crippen LogP contribution in [0, 0.1) is 0 Å². The lowest BCUT2D eigenvalue weighted by Crippen LogP contribution is -2.35. The summed E-state index contributed by atoms with van der Waals surface area (Å²) >= 11 is 0. The van der Waals surface area contributed by atoms with Crippen molar-refractivity contribution >= 4 is 74.9 Å². The molecule has 2 aliphatic rings. The number of nitrogens with one attached hydrogen (secondary N) is 1. The first kappa shape index (κ1) is 65.9. The zero-order valence-corrected chi connectivity index (χ0v) is 46.1. The van der Waals surface area contributed by atoms with E-state index in [1.165, 1.54) is 24.3 Å². The summed E-state index contributed by atoms with van der Waals surface area (Å²) < 4.78 is 45.0. The van der Waals surface area contributed by atoms with Crippen LogP contribution in [0.15, 0.2) is 48.6 Å². The lowest BCUT2D eigenvalue weighted by molar-refractivity contribution is -0.139. The molecule has 0 atom stereocenters. The minimum atomic E-state index is -1.04. The number of ketones is 1. The predicted molar refractivity (Wildman–Crippen MR) is 288 cm³/mol. The number of aromatic nitrogens is 3. The van der Waals surface area contributed by atoms with Crippen molar-refractivity contribution in [1.82, 2.24) is 34.6 Å². The maximum atomic E-state index is 13.1. The van der Waals surface area contributed by atoms with Gasteiger partial charge in [-0.3, -0.25) is 48.2 Å². The summed E-state index contributed by atoms with van der Waals surface area (Å²) in [6, 6.07) is 7.65. The summed E-state index contributed by atoms with van der Waals surface area (Å²) in [6.07, 6.45) is 6.06. The van der Waals surface area contributed by atoms with E-state index in [1.807, 2.05) is 35.8 Å². The number of carboxylic acids is 1. The van der Waals surface area contributed by atoms with Crippen LogP contribution < -0.4 is 11.1 Å². The molecule has 26 nitrogen and oxygen atoms in total. The number of ether oxygens (including phenoxy) is 8. The van der Waals surface area contributed by atoms with E-state index in [0.717, 1.165) is 26.2 Å². The number of rotatable bonds is 42. The number of hydrogen-bond donors (Lipinski definition) is 4. The molecule has 5 rings (SSSR count). The summed E-state index contributed by atoms with van der Waals surface area (Å²) in [7, 11) is 0. The molecule has 2 aliphatic heterocycles. The highest BCUT2D eigenvalue weighted by molar-refractivity contribution is 6.13. The Kier molecular flexibility index (Phi) is 30.1. The summed E-state index contributed by atoms with van der Waals surface area (Å²) in [6.45, 7) is 12.5. The van der Waals surface area contributed by atoms with E-state index >= 15 is 0 Å². The van der Waals surface area contributed by atoms with Gasteiger partial charge >= 0.3 is 5.97 Å². The van der Waals surface area contributed by atoms with Gasteiger partial charge in [-0.1, -0.05) is 18.2 Å². The molecule has 5 N–H and O–H groups in total. The number of carbonyl (C=O) groups is 8. The Balaban J connectivity index is 0.000000403. The average Bonchev–Trinajstić information content (AvgIpc) is 4.28. The van der Waals surface area contributed by atoms with E-state index in [4.69, 9.17) is 53.7 Å². The maximum absolute atomic E-state index is 13.1. The minimum Gasteiger partial charge on any atom is -0.481 e. The topological polar surface area (TPSA) is 329 Å². The number of aliphatic hydroxyl groups is 1. The van der Waals surface area contributed by atoms with Crippen LogP contribution in [-0.2, 0) is 89.3 Å². The fourth-order valence-corrected chi connectivity index (χ4v) is 7.73. The SMILES string of the molecule is CCN(Cc1nc2c(N)nc3ccccc3c2n1CC(C)(C)O)C(=O)CCOCCOCCOCCOCCNC(=O)CCN1C(=O)C=CC1=O.O=C(O)CCOCCOCCOCCOCCCC(=O)CCN1C(=O)C=CC1=O. The van der Waals surface area contributed by atoms with Crippen molar-refractivity contribution in [3.63, 3.8) is 0 Å². The predicted octanol–water partition coefficient (Wildman–Crippen LogP) is 1.37. The molecule has 26 heteroatoms. The number of amides is 6. The molecule has 1 aromatic carbocycles. The molecule has 0 bridgehead atoms. The maximum Gasteiger partial charge on any atom is 0.305 e. The molecule has 80 heavy (non-hydrogen) atoms. The number of anilines is 1. The highest BCUT2D eigenvalue weighted by Crippen LogP contribution is 2.30. The van der Waals surface area contributed by atoms with Crippen LogP contribution in [0.3, 0.4) is 0 Å². The lowest BCUT2D eigenvalue weighted by Gasteiger charge is -2.24. The number of carbonyl (C=O) groups excluding carboxylic acids is 7. The number of carboxylic acid groups (broad SMARTS) is 1. The number of aliphatic carboxylic acids is 1. The van der Waals surface area contributed by atoms with Crippen molar-refractivity contribution < 1.29 is 86.5 Å². The zero-order chi connectivity index (χ0) is 58.1. The van der Waals surface area contributed by atoms with Crippen LogP contribution >= 0.6 is 0 Å². The van der Waals surface area contributed by atoms with Crippen molar-refractivity contribution in [1.29, 1.82) is 0 Å². The van der Waals surface area contributed by atoms with Gasteiger partial charge in [-0.25, -0.2) is 9.97 Å². The molecular weight excluding hydrogens is 1050 g/mol. The Morgan fingerprint density at radius 1 is 0.625 bits per heavy atom. The monoisotopic (exact) mass is 1130 g/mol. The summed E-state index contributed by atoms with van der Waals surface area (Å²) in [5, 5.41) is 22.7. The van der Waals surface area contributed by atoms with Crippen molar-refractivity contribution in [2.75, 3.05) is 138 Å². The average molecular weight is 1130 g/mol. The number of hydrogen-bond acceptors (Lipinski definition) is 20. The molecule has 0 radical (unpaired) electrons. The van der Waals surface area contributed by atoms with Gasteiger partial charge in [-0.2, -0.15) is 0 Å². The number of benzene rings is 1. The smallest absolute Gasteiger partial charge is 0.305 e. The van der Waals surface area contributed by atoms with Crippen LogP contribution in [-0.4, -0.2) is 224 Å². The molecule has 3 aromatic rings. The number of nitrogen functional groups attached to an aromatic ring is 1. The molecule has 0 spiro atoms. The first-order valence-electron chi connectivity index (χ1n) is 26.7. The van der Waals surface area contributed by atoms with Gasteiger partial charge in [0, 0.05) is 81.7 Å². The Morgan fingerprint density at radius 3 is 1.61 bits per heavy atom. The van der Waals surface area contributed by atoms with E-state index < -0.39 is 23.4 Å². The molecule has 0 unspecified atom stereocenters. The Bertz CT molecular complexity index is 2510. The minimum absolute atomic E-state index is 0.0126. The molecular formula is C54H78N8O18. The van der Waals surface area contributed by atoms with Gasteiger partial charge in [0.05, 0.1) is 142 Å². The van der Waals surface area contributed by atoms with Crippen LogP contribution in [0.25, 0.3) is 21.9 Å². The van der Waals surface area contributed by atoms with Crippen molar-refractivity contribution in [3.8, 4) is 0 Å². The normalized spacial score (nSPS) is 13.3.